The van der Waals surface area contributed by atoms with E-state index in [1.54, 1.807) is 0 Å². The van der Waals surface area contributed by atoms with Crippen molar-refractivity contribution in [3.8, 4) is 5.88 Å². The van der Waals surface area contributed by atoms with Gasteiger partial charge in [-0.1, -0.05) is 6.07 Å². The van der Waals surface area contributed by atoms with Gasteiger partial charge in [-0.15, -0.1) is 0 Å². The molecule has 1 N–H and O–H groups in total. The fourth-order valence-corrected chi connectivity index (χ4v) is 2.26. The van der Waals surface area contributed by atoms with Crippen molar-refractivity contribution in [1.29, 1.82) is 0 Å². The van der Waals surface area contributed by atoms with Crippen molar-refractivity contribution in [3.05, 3.63) is 23.9 Å². The third kappa shape index (κ3) is 4.35. The molecule has 1 aromatic heterocycles. The van der Waals surface area contributed by atoms with Gasteiger partial charge >= 0.3 is 0 Å². The summed E-state index contributed by atoms with van der Waals surface area (Å²) in [7, 11) is 0. The summed E-state index contributed by atoms with van der Waals surface area (Å²) in [4.78, 5) is 4.23. The Morgan fingerprint density at radius 1 is 1.47 bits per heavy atom. The molecule has 1 saturated heterocycles. The first-order valence-electron chi connectivity index (χ1n) is 6.61. The first kappa shape index (κ1) is 12.4. The molecule has 1 atom stereocenters. The summed E-state index contributed by atoms with van der Waals surface area (Å²) >= 11 is 0. The summed E-state index contributed by atoms with van der Waals surface area (Å²) in [6, 6.07) is 3.98. The normalized spacial score (nSPS) is 20.2. The van der Waals surface area contributed by atoms with E-state index in [4.69, 9.17) is 4.74 Å². The highest BCUT2D eigenvalue weighted by Gasteiger charge is 2.12. The van der Waals surface area contributed by atoms with Crippen LogP contribution in [0.3, 0.4) is 0 Å². The molecule has 2 rings (SSSR count). The second-order valence-electron chi connectivity index (χ2n) is 4.88. The molecule has 0 radical (unpaired) electrons. The van der Waals surface area contributed by atoms with Gasteiger partial charge in [0.25, 0.3) is 0 Å². The van der Waals surface area contributed by atoms with Crippen LogP contribution in [0, 0.1) is 12.8 Å². The predicted molar refractivity (Wildman–Crippen MR) is 69.3 cm³/mol. The summed E-state index contributed by atoms with van der Waals surface area (Å²) in [5, 5.41) is 3.45. The first-order chi connectivity index (χ1) is 8.34. The van der Waals surface area contributed by atoms with Gasteiger partial charge < -0.3 is 10.1 Å². The minimum Gasteiger partial charge on any atom is -0.478 e. The van der Waals surface area contributed by atoms with E-state index in [0.29, 0.717) is 0 Å². The molecule has 0 unspecified atom stereocenters. The Morgan fingerprint density at radius 2 is 2.41 bits per heavy atom. The molecule has 0 saturated carbocycles. The van der Waals surface area contributed by atoms with Gasteiger partial charge in [0.2, 0.25) is 5.88 Å². The van der Waals surface area contributed by atoms with Crippen LogP contribution in [0.4, 0.5) is 0 Å². The number of nitrogens with one attached hydrogen (secondary N) is 1. The Labute approximate surface area is 104 Å². The molecule has 94 valence electrons. The van der Waals surface area contributed by atoms with Gasteiger partial charge in [-0.2, -0.15) is 0 Å². The van der Waals surface area contributed by atoms with Crippen LogP contribution >= 0.6 is 0 Å². The van der Waals surface area contributed by atoms with Crippen molar-refractivity contribution in [2.45, 2.75) is 32.6 Å². The van der Waals surface area contributed by atoms with E-state index in [1.165, 1.54) is 37.9 Å². The summed E-state index contributed by atoms with van der Waals surface area (Å²) in [6.07, 6.45) is 6.93. The highest BCUT2D eigenvalue weighted by molar-refractivity contribution is 5.16. The maximum atomic E-state index is 5.62. The van der Waals surface area contributed by atoms with Gasteiger partial charge in [-0.3, -0.25) is 0 Å². The maximum Gasteiger partial charge on any atom is 0.213 e. The molecule has 2 heterocycles. The molecule has 0 amide bonds. The third-order valence-electron chi connectivity index (χ3n) is 3.29. The largest absolute Gasteiger partial charge is 0.478 e. The lowest BCUT2D eigenvalue weighted by Gasteiger charge is -2.22. The van der Waals surface area contributed by atoms with E-state index in [-0.39, 0.29) is 0 Å². The second-order valence-corrected chi connectivity index (χ2v) is 4.88. The molecule has 3 heteroatoms. The molecule has 1 aliphatic rings. The number of nitrogens with zero attached hydrogens (tertiary/aromatic N) is 1. The first-order valence-corrected chi connectivity index (χ1v) is 6.61. The topological polar surface area (TPSA) is 34.1 Å². The molecule has 1 aliphatic heterocycles. The van der Waals surface area contributed by atoms with E-state index in [1.807, 2.05) is 25.3 Å². The van der Waals surface area contributed by atoms with E-state index >= 15 is 0 Å². The quantitative estimate of drug-likeness (QED) is 0.795. The Balaban J connectivity index is 1.60. The fourth-order valence-electron chi connectivity index (χ4n) is 2.26. The Kier molecular flexibility index (Phi) is 4.80. The van der Waals surface area contributed by atoms with Crippen molar-refractivity contribution in [3.63, 3.8) is 0 Å². The molecule has 0 aromatic carbocycles. The minimum atomic E-state index is 0.748. The summed E-state index contributed by atoms with van der Waals surface area (Å²) in [6.45, 7) is 5.20. The lowest BCUT2D eigenvalue weighted by Crippen LogP contribution is -2.29. The van der Waals surface area contributed by atoms with Crippen LogP contribution in [0.5, 0.6) is 5.88 Å². The lowest BCUT2D eigenvalue weighted by atomic mass is 9.95. The molecular formula is C14H22N2O. The van der Waals surface area contributed by atoms with E-state index in [2.05, 4.69) is 10.3 Å². The van der Waals surface area contributed by atoms with Gasteiger partial charge in [0.15, 0.2) is 0 Å². The van der Waals surface area contributed by atoms with Crippen molar-refractivity contribution >= 4 is 0 Å². The van der Waals surface area contributed by atoms with Gasteiger partial charge in [-0.05, 0) is 57.2 Å². The monoisotopic (exact) mass is 234 g/mol. The molecule has 1 aromatic rings. The van der Waals surface area contributed by atoms with Crippen LogP contribution in [0.15, 0.2) is 18.3 Å². The zero-order chi connectivity index (χ0) is 11.9. The Bertz CT molecular complexity index is 317. The van der Waals surface area contributed by atoms with Crippen LogP contribution in [0.1, 0.15) is 31.2 Å². The molecule has 0 bridgehead atoms. The van der Waals surface area contributed by atoms with Crippen LogP contribution in [-0.2, 0) is 0 Å². The molecule has 17 heavy (non-hydrogen) atoms. The molecule has 3 nitrogen and oxygen atoms in total. The smallest absolute Gasteiger partial charge is 0.213 e. The van der Waals surface area contributed by atoms with Gasteiger partial charge in [0.05, 0.1) is 6.61 Å². The van der Waals surface area contributed by atoms with E-state index in [0.717, 1.165) is 24.8 Å². The van der Waals surface area contributed by atoms with Crippen LogP contribution in [0.2, 0.25) is 0 Å². The summed E-state index contributed by atoms with van der Waals surface area (Å²) in [5.74, 6) is 1.59. The average molecular weight is 234 g/mol. The maximum absolute atomic E-state index is 5.62. The number of rotatable bonds is 5. The van der Waals surface area contributed by atoms with Crippen molar-refractivity contribution in [1.82, 2.24) is 10.3 Å². The van der Waals surface area contributed by atoms with Crippen LogP contribution < -0.4 is 10.1 Å². The lowest BCUT2D eigenvalue weighted by molar-refractivity contribution is 0.268. The number of ether oxygens (including phenoxy) is 1. The molecule has 0 aliphatic carbocycles. The zero-order valence-electron chi connectivity index (χ0n) is 10.6. The van der Waals surface area contributed by atoms with Crippen LogP contribution in [0.25, 0.3) is 0 Å². The summed E-state index contributed by atoms with van der Waals surface area (Å²) in [5.41, 5.74) is 1.17. The number of pyridine rings is 1. The number of hydrogen-bond donors (Lipinski definition) is 1. The van der Waals surface area contributed by atoms with Gasteiger partial charge in [0, 0.05) is 12.3 Å². The van der Waals surface area contributed by atoms with Crippen LogP contribution in [-0.4, -0.2) is 24.7 Å². The molecule has 1 fully saturated rings. The number of aromatic nitrogens is 1. The highest BCUT2D eigenvalue weighted by Crippen LogP contribution is 2.16. The van der Waals surface area contributed by atoms with Gasteiger partial charge in [-0.25, -0.2) is 4.98 Å². The molecular weight excluding hydrogens is 212 g/mol. The average Bonchev–Trinajstić information content (AvgIpc) is 2.38. The third-order valence-corrected chi connectivity index (χ3v) is 3.29. The SMILES string of the molecule is Cc1ccc(OCCC[C@H]2CCCNC2)nc1. The second kappa shape index (κ2) is 6.60. The van der Waals surface area contributed by atoms with Crippen molar-refractivity contribution in [2.24, 2.45) is 5.92 Å². The van der Waals surface area contributed by atoms with Crippen molar-refractivity contribution < 1.29 is 4.74 Å². The Hall–Kier alpha value is -1.09. The Morgan fingerprint density at radius 3 is 3.12 bits per heavy atom. The fraction of sp³-hybridized carbons (Fsp3) is 0.643. The highest BCUT2D eigenvalue weighted by atomic mass is 16.5. The molecule has 0 spiro atoms. The number of piperidine rings is 1. The zero-order valence-corrected chi connectivity index (χ0v) is 10.6. The van der Waals surface area contributed by atoms with E-state index < -0.39 is 0 Å². The number of aryl methyl sites for hydroxylation is 1. The van der Waals surface area contributed by atoms with E-state index in [9.17, 15) is 0 Å². The minimum absolute atomic E-state index is 0.748. The van der Waals surface area contributed by atoms with Crippen molar-refractivity contribution in [2.75, 3.05) is 19.7 Å². The standard InChI is InChI=1S/C14H22N2O/c1-12-6-7-14(16-10-12)17-9-3-5-13-4-2-8-15-11-13/h6-7,10,13,15H,2-5,8-9,11H2,1H3/t13-/m1/s1. The summed E-state index contributed by atoms with van der Waals surface area (Å²) < 4.78 is 5.62. The number of hydrogen-bond acceptors (Lipinski definition) is 3. The van der Waals surface area contributed by atoms with Gasteiger partial charge in [0.1, 0.15) is 0 Å². The predicted octanol–water partition coefficient (Wildman–Crippen LogP) is 2.55.